The Bertz CT molecular complexity index is 285. The van der Waals surface area contributed by atoms with E-state index in [4.69, 9.17) is 4.74 Å². The maximum Gasteiger partial charge on any atom is 0.159 e. The molecular weight excluding hydrogens is 164 g/mol. The van der Waals surface area contributed by atoms with E-state index in [-0.39, 0.29) is 11.9 Å². The van der Waals surface area contributed by atoms with Gasteiger partial charge in [-0.2, -0.15) is 0 Å². The quantitative estimate of drug-likeness (QED) is 0.665. The van der Waals surface area contributed by atoms with Gasteiger partial charge in [0.1, 0.15) is 5.75 Å². The first-order valence-electron chi connectivity index (χ1n) is 4.37. The van der Waals surface area contributed by atoms with E-state index in [0.29, 0.717) is 0 Å². The van der Waals surface area contributed by atoms with Crippen molar-refractivity contribution in [3.05, 3.63) is 29.8 Å². The standard InChI is InChI=1S/C11H14O2/c1-8(2)13-11-6-4-10(5-7-11)9(3)12/h4-8H,1-3H3. The Kier molecular flexibility index (Phi) is 3.07. The lowest BCUT2D eigenvalue weighted by Crippen LogP contribution is -2.05. The third-order valence-electron chi connectivity index (χ3n) is 1.63. The van der Waals surface area contributed by atoms with E-state index < -0.39 is 0 Å². The second-order valence-corrected chi connectivity index (χ2v) is 3.25. The van der Waals surface area contributed by atoms with Crippen molar-refractivity contribution < 1.29 is 9.53 Å². The van der Waals surface area contributed by atoms with Gasteiger partial charge in [-0.25, -0.2) is 0 Å². The van der Waals surface area contributed by atoms with Crippen LogP contribution >= 0.6 is 0 Å². The number of hydrogen-bond acceptors (Lipinski definition) is 2. The molecule has 0 unspecified atom stereocenters. The summed E-state index contributed by atoms with van der Waals surface area (Å²) in [5, 5.41) is 0. The highest BCUT2D eigenvalue weighted by Gasteiger charge is 2.00. The van der Waals surface area contributed by atoms with E-state index >= 15 is 0 Å². The molecule has 0 aliphatic rings. The lowest BCUT2D eigenvalue weighted by Gasteiger charge is -2.09. The molecule has 0 heterocycles. The Balaban J connectivity index is 2.75. The summed E-state index contributed by atoms with van der Waals surface area (Å²) in [4.78, 5) is 10.9. The smallest absolute Gasteiger partial charge is 0.159 e. The lowest BCUT2D eigenvalue weighted by atomic mass is 10.1. The number of rotatable bonds is 3. The number of benzene rings is 1. The van der Waals surface area contributed by atoms with Crippen molar-refractivity contribution in [3.63, 3.8) is 0 Å². The molecule has 0 aromatic heterocycles. The summed E-state index contributed by atoms with van der Waals surface area (Å²) in [6.07, 6.45) is 0.170. The molecule has 0 aliphatic heterocycles. The van der Waals surface area contributed by atoms with Gasteiger partial charge in [0, 0.05) is 5.56 Å². The highest BCUT2D eigenvalue weighted by atomic mass is 16.5. The molecule has 0 bridgehead atoms. The number of ether oxygens (including phenoxy) is 1. The molecule has 0 atom stereocenters. The van der Waals surface area contributed by atoms with Gasteiger partial charge >= 0.3 is 0 Å². The van der Waals surface area contributed by atoms with Crippen LogP contribution in [0.4, 0.5) is 0 Å². The molecule has 0 radical (unpaired) electrons. The summed E-state index contributed by atoms with van der Waals surface area (Å²) in [5.74, 6) is 0.885. The Morgan fingerprint density at radius 3 is 2.15 bits per heavy atom. The molecule has 1 rings (SSSR count). The summed E-state index contributed by atoms with van der Waals surface area (Å²) in [5.41, 5.74) is 0.719. The van der Waals surface area contributed by atoms with Gasteiger partial charge in [-0.1, -0.05) is 0 Å². The summed E-state index contributed by atoms with van der Waals surface area (Å²) < 4.78 is 5.44. The lowest BCUT2D eigenvalue weighted by molar-refractivity contribution is 0.101. The number of carbonyl (C=O) groups is 1. The van der Waals surface area contributed by atoms with Gasteiger partial charge in [0.25, 0.3) is 0 Å². The molecule has 2 nitrogen and oxygen atoms in total. The van der Waals surface area contributed by atoms with Crippen molar-refractivity contribution in [2.45, 2.75) is 26.9 Å². The van der Waals surface area contributed by atoms with E-state index in [2.05, 4.69) is 0 Å². The predicted octanol–water partition coefficient (Wildman–Crippen LogP) is 2.68. The van der Waals surface area contributed by atoms with E-state index in [9.17, 15) is 4.79 Å². The molecule has 0 saturated heterocycles. The number of carbonyl (C=O) groups excluding carboxylic acids is 1. The van der Waals surface area contributed by atoms with Crippen LogP contribution in [0, 0.1) is 0 Å². The van der Waals surface area contributed by atoms with Crippen LogP contribution in [0.2, 0.25) is 0 Å². The van der Waals surface area contributed by atoms with Crippen molar-refractivity contribution in [2.24, 2.45) is 0 Å². The van der Waals surface area contributed by atoms with Crippen molar-refractivity contribution in [2.75, 3.05) is 0 Å². The highest BCUT2D eigenvalue weighted by molar-refractivity contribution is 5.94. The Morgan fingerprint density at radius 2 is 1.77 bits per heavy atom. The van der Waals surface area contributed by atoms with Crippen LogP contribution in [0.1, 0.15) is 31.1 Å². The number of ketones is 1. The fourth-order valence-corrected chi connectivity index (χ4v) is 1.04. The normalized spacial score (nSPS) is 10.2. The molecule has 1 aromatic rings. The molecule has 0 fully saturated rings. The second kappa shape index (κ2) is 4.08. The average molecular weight is 178 g/mol. The number of hydrogen-bond donors (Lipinski definition) is 0. The van der Waals surface area contributed by atoms with Crippen LogP contribution < -0.4 is 4.74 Å². The fraction of sp³-hybridized carbons (Fsp3) is 0.364. The monoisotopic (exact) mass is 178 g/mol. The molecule has 13 heavy (non-hydrogen) atoms. The zero-order chi connectivity index (χ0) is 9.84. The zero-order valence-corrected chi connectivity index (χ0v) is 8.20. The van der Waals surface area contributed by atoms with Crippen molar-refractivity contribution in [3.8, 4) is 5.75 Å². The predicted molar refractivity (Wildman–Crippen MR) is 52.2 cm³/mol. The van der Waals surface area contributed by atoms with E-state index in [1.807, 2.05) is 26.0 Å². The maximum absolute atomic E-state index is 10.9. The molecular formula is C11H14O2. The first-order valence-corrected chi connectivity index (χ1v) is 4.37. The minimum Gasteiger partial charge on any atom is -0.491 e. The average Bonchev–Trinajstić information content (AvgIpc) is 2.04. The minimum atomic E-state index is 0.0797. The van der Waals surface area contributed by atoms with E-state index in [0.717, 1.165) is 11.3 Å². The van der Waals surface area contributed by atoms with Gasteiger partial charge in [0.2, 0.25) is 0 Å². The third-order valence-corrected chi connectivity index (χ3v) is 1.63. The van der Waals surface area contributed by atoms with Gasteiger partial charge in [-0.15, -0.1) is 0 Å². The molecule has 70 valence electrons. The first-order chi connectivity index (χ1) is 6.09. The largest absolute Gasteiger partial charge is 0.491 e. The van der Waals surface area contributed by atoms with Crippen LogP contribution in [0.15, 0.2) is 24.3 Å². The van der Waals surface area contributed by atoms with Gasteiger partial charge in [-0.3, -0.25) is 4.79 Å². The van der Waals surface area contributed by atoms with Crippen molar-refractivity contribution in [1.29, 1.82) is 0 Å². The third kappa shape index (κ3) is 2.90. The van der Waals surface area contributed by atoms with Gasteiger partial charge in [0.05, 0.1) is 6.10 Å². The van der Waals surface area contributed by atoms with Crippen molar-refractivity contribution >= 4 is 5.78 Å². The molecule has 2 heteroatoms. The van der Waals surface area contributed by atoms with E-state index in [1.165, 1.54) is 0 Å². The molecule has 1 aromatic carbocycles. The van der Waals surface area contributed by atoms with Gasteiger partial charge in [0.15, 0.2) is 5.78 Å². The van der Waals surface area contributed by atoms with Crippen LogP contribution in [0.5, 0.6) is 5.75 Å². The van der Waals surface area contributed by atoms with Crippen LogP contribution in [-0.2, 0) is 0 Å². The first kappa shape index (κ1) is 9.78. The van der Waals surface area contributed by atoms with Crippen molar-refractivity contribution in [1.82, 2.24) is 0 Å². The maximum atomic E-state index is 10.9. The SMILES string of the molecule is CC(=O)c1ccc(OC(C)C)cc1. The summed E-state index contributed by atoms with van der Waals surface area (Å²) in [7, 11) is 0. The molecule has 0 saturated carbocycles. The Hall–Kier alpha value is -1.31. The topological polar surface area (TPSA) is 26.3 Å². The molecule has 0 aliphatic carbocycles. The van der Waals surface area contributed by atoms with Crippen LogP contribution in [0.3, 0.4) is 0 Å². The van der Waals surface area contributed by atoms with Gasteiger partial charge in [-0.05, 0) is 45.0 Å². The molecule has 0 N–H and O–H groups in total. The number of Topliss-reactive ketones (excluding diaryl/α,β-unsaturated/α-hetero) is 1. The molecule has 0 spiro atoms. The van der Waals surface area contributed by atoms with Gasteiger partial charge < -0.3 is 4.74 Å². The zero-order valence-electron chi connectivity index (χ0n) is 8.20. The Morgan fingerprint density at radius 1 is 1.23 bits per heavy atom. The minimum absolute atomic E-state index is 0.0797. The van der Waals surface area contributed by atoms with Crippen LogP contribution in [-0.4, -0.2) is 11.9 Å². The van der Waals surface area contributed by atoms with E-state index in [1.54, 1.807) is 19.1 Å². The summed E-state index contributed by atoms with van der Waals surface area (Å²) in [6, 6.07) is 7.19. The fourth-order valence-electron chi connectivity index (χ4n) is 1.04. The Labute approximate surface area is 78.5 Å². The molecule has 0 amide bonds. The summed E-state index contributed by atoms with van der Waals surface area (Å²) >= 11 is 0. The second-order valence-electron chi connectivity index (χ2n) is 3.25. The highest BCUT2D eigenvalue weighted by Crippen LogP contribution is 2.13. The summed E-state index contributed by atoms with van der Waals surface area (Å²) in [6.45, 7) is 5.50. The van der Waals surface area contributed by atoms with Crippen LogP contribution in [0.25, 0.3) is 0 Å².